The largest absolute Gasteiger partial charge is 0.390 e. The first-order valence-electron chi connectivity index (χ1n) is 9.96. The second-order valence-electron chi connectivity index (χ2n) is 9.04. The fourth-order valence-corrected chi connectivity index (χ4v) is 6.34. The molecule has 0 amide bonds. The summed E-state index contributed by atoms with van der Waals surface area (Å²) in [5, 5.41) is 32.5. The van der Waals surface area contributed by atoms with E-state index in [1.165, 1.54) is 6.42 Å². The molecule has 8 heteroatoms. The molecule has 8 nitrogen and oxygen atoms in total. The van der Waals surface area contributed by atoms with Crippen molar-refractivity contribution in [2.75, 3.05) is 5.32 Å². The molecule has 4 fully saturated rings. The molecule has 28 heavy (non-hydrogen) atoms. The number of aromatic nitrogens is 4. The molecule has 4 aliphatic carbocycles. The number of fused-ring (bicyclic) bond motifs is 1. The highest BCUT2D eigenvalue weighted by atomic mass is 16.5. The van der Waals surface area contributed by atoms with Crippen LogP contribution in [0.1, 0.15) is 44.3 Å². The van der Waals surface area contributed by atoms with E-state index < -0.39 is 5.60 Å². The molecular weight excluding hydrogens is 358 g/mol. The maximum atomic E-state index is 11.1. The molecule has 3 aromatic heterocycles. The number of aliphatic hydroxyl groups is 2. The summed E-state index contributed by atoms with van der Waals surface area (Å²) in [4.78, 5) is 4.29. The lowest BCUT2D eigenvalue weighted by Crippen LogP contribution is -2.62. The Bertz CT molecular complexity index is 1040. The van der Waals surface area contributed by atoms with Gasteiger partial charge in [0.1, 0.15) is 6.61 Å². The number of rotatable bonds is 4. The zero-order chi connectivity index (χ0) is 18.9. The van der Waals surface area contributed by atoms with E-state index >= 15 is 0 Å². The second-order valence-corrected chi connectivity index (χ2v) is 9.04. The van der Waals surface area contributed by atoms with E-state index in [1.807, 2.05) is 22.8 Å². The normalized spacial score (nSPS) is 33.6. The third kappa shape index (κ3) is 2.41. The van der Waals surface area contributed by atoms with Crippen molar-refractivity contribution in [3.63, 3.8) is 0 Å². The third-order valence-electron chi connectivity index (χ3n) is 6.83. The molecule has 4 aliphatic rings. The predicted octanol–water partition coefficient (Wildman–Crippen LogP) is 2.37. The van der Waals surface area contributed by atoms with E-state index in [0.29, 0.717) is 17.7 Å². The van der Waals surface area contributed by atoms with Crippen molar-refractivity contribution in [2.45, 2.75) is 56.3 Å². The van der Waals surface area contributed by atoms with Gasteiger partial charge in [0.2, 0.25) is 0 Å². The summed E-state index contributed by atoms with van der Waals surface area (Å²) in [6.07, 6.45) is 9.65. The van der Waals surface area contributed by atoms with Crippen LogP contribution in [0, 0.1) is 11.8 Å². The number of anilines is 1. The summed E-state index contributed by atoms with van der Waals surface area (Å²) >= 11 is 0. The molecule has 7 rings (SSSR count). The van der Waals surface area contributed by atoms with E-state index in [9.17, 15) is 10.2 Å². The monoisotopic (exact) mass is 381 g/mol. The molecule has 0 radical (unpaired) electrons. The SMILES string of the molecule is OCc1noc(-c2cnn3cccc3c2NC23C[C@@H]4C[C@@H](CC(O)(C4)C2)C3)n1. The first-order valence-corrected chi connectivity index (χ1v) is 9.96. The van der Waals surface area contributed by atoms with Crippen LogP contribution in [-0.2, 0) is 6.61 Å². The van der Waals surface area contributed by atoms with Gasteiger partial charge < -0.3 is 20.1 Å². The standard InChI is InChI=1S/C20H23N5O3/c26-10-16-22-18(28-24-16)14-9-21-25-3-1-2-15(25)17(14)23-19-5-12-4-13(6-19)8-20(27,7-12)11-19/h1-3,9,12-13,23,26-27H,4-8,10-11H2/t12-,13+,19?,20?. The van der Waals surface area contributed by atoms with Crippen LogP contribution < -0.4 is 5.32 Å². The molecule has 2 unspecified atom stereocenters. The lowest BCUT2D eigenvalue weighted by Gasteiger charge is -2.60. The van der Waals surface area contributed by atoms with Crippen LogP contribution >= 0.6 is 0 Å². The van der Waals surface area contributed by atoms with Crippen molar-refractivity contribution in [3.05, 3.63) is 30.4 Å². The molecule has 0 spiro atoms. The van der Waals surface area contributed by atoms with Gasteiger partial charge in [-0.2, -0.15) is 10.1 Å². The number of hydrogen-bond donors (Lipinski definition) is 3. The van der Waals surface area contributed by atoms with Crippen molar-refractivity contribution in [2.24, 2.45) is 11.8 Å². The summed E-state index contributed by atoms with van der Waals surface area (Å²) < 4.78 is 7.21. The van der Waals surface area contributed by atoms with Gasteiger partial charge in [0, 0.05) is 11.7 Å². The summed E-state index contributed by atoms with van der Waals surface area (Å²) in [6.45, 7) is -0.270. The van der Waals surface area contributed by atoms with E-state index in [4.69, 9.17) is 4.52 Å². The molecule has 0 aliphatic heterocycles. The first-order chi connectivity index (χ1) is 13.5. The summed E-state index contributed by atoms with van der Waals surface area (Å²) in [5.74, 6) is 1.75. The van der Waals surface area contributed by atoms with Crippen LogP contribution in [-0.4, -0.2) is 41.1 Å². The van der Waals surface area contributed by atoms with Gasteiger partial charge in [0.15, 0.2) is 5.82 Å². The lowest BCUT2D eigenvalue weighted by molar-refractivity contribution is -0.127. The van der Waals surface area contributed by atoms with Crippen molar-refractivity contribution in [3.8, 4) is 11.5 Å². The maximum Gasteiger partial charge on any atom is 0.261 e. The highest BCUT2D eigenvalue weighted by Gasteiger charge is 2.57. The molecule has 4 atom stereocenters. The molecule has 3 aromatic rings. The Hall–Kier alpha value is -2.45. The zero-order valence-corrected chi connectivity index (χ0v) is 15.5. The number of nitrogens with zero attached hydrogens (tertiary/aromatic N) is 4. The highest BCUT2D eigenvalue weighted by molar-refractivity contribution is 5.86. The lowest BCUT2D eigenvalue weighted by atomic mass is 9.51. The first kappa shape index (κ1) is 16.5. The van der Waals surface area contributed by atoms with Crippen LogP contribution in [0.2, 0.25) is 0 Å². The highest BCUT2D eigenvalue weighted by Crippen LogP contribution is 2.58. The van der Waals surface area contributed by atoms with Crippen molar-refractivity contribution < 1.29 is 14.7 Å². The van der Waals surface area contributed by atoms with E-state index in [0.717, 1.165) is 48.9 Å². The minimum Gasteiger partial charge on any atom is -0.390 e. The Balaban J connectivity index is 1.47. The Kier molecular flexibility index (Phi) is 3.27. The predicted molar refractivity (Wildman–Crippen MR) is 100 cm³/mol. The van der Waals surface area contributed by atoms with Gasteiger partial charge in [-0.15, -0.1) is 0 Å². The summed E-state index contributed by atoms with van der Waals surface area (Å²) in [6, 6.07) is 3.97. The average molecular weight is 381 g/mol. The van der Waals surface area contributed by atoms with Crippen molar-refractivity contribution in [1.29, 1.82) is 0 Å². The van der Waals surface area contributed by atoms with Crippen LogP contribution in [0.3, 0.4) is 0 Å². The van der Waals surface area contributed by atoms with E-state index in [-0.39, 0.29) is 18.0 Å². The molecule has 4 bridgehead atoms. The fourth-order valence-electron chi connectivity index (χ4n) is 6.34. The topological polar surface area (TPSA) is 109 Å². The van der Waals surface area contributed by atoms with Gasteiger partial charge in [0.05, 0.1) is 28.6 Å². The van der Waals surface area contributed by atoms with Crippen molar-refractivity contribution >= 4 is 11.2 Å². The van der Waals surface area contributed by atoms with Crippen LogP contribution in [0.4, 0.5) is 5.69 Å². The molecular formula is C20H23N5O3. The number of hydrogen-bond acceptors (Lipinski definition) is 7. The van der Waals surface area contributed by atoms with Gasteiger partial charge in [-0.05, 0) is 62.5 Å². The molecule has 0 saturated heterocycles. The molecule has 4 saturated carbocycles. The number of aliphatic hydroxyl groups excluding tert-OH is 1. The third-order valence-corrected chi connectivity index (χ3v) is 6.83. The van der Waals surface area contributed by atoms with Gasteiger partial charge >= 0.3 is 0 Å². The van der Waals surface area contributed by atoms with E-state index in [2.05, 4.69) is 20.6 Å². The van der Waals surface area contributed by atoms with E-state index in [1.54, 1.807) is 6.20 Å². The smallest absolute Gasteiger partial charge is 0.261 e. The molecule has 0 aromatic carbocycles. The summed E-state index contributed by atoms with van der Waals surface area (Å²) in [7, 11) is 0. The second kappa shape index (κ2) is 5.55. The Labute approximate surface area is 161 Å². The molecule has 146 valence electrons. The quantitative estimate of drug-likeness (QED) is 0.636. The van der Waals surface area contributed by atoms with Gasteiger partial charge in [0.25, 0.3) is 5.89 Å². The Morgan fingerprint density at radius 3 is 2.79 bits per heavy atom. The summed E-state index contributed by atoms with van der Waals surface area (Å²) in [5.41, 5.74) is 1.89. The van der Waals surface area contributed by atoms with Crippen molar-refractivity contribution in [1.82, 2.24) is 19.8 Å². The molecule has 3 N–H and O–H groups in total. The van der Waals surface area contributed by atoms with Gasteiger partial charge in [-0.1, -0.05) is 5.16 Å². The zero-order valence-electron chi connectivity index (χ0n) is 15.5. The van der Waals surface area contributed by atoms with Gasteiger partial charge in [-0.25, -0.2) is 4.52 Å². The number of nitrogens with one attached hydrogen (secondary N) is 1. The van der Waals surface area contributed by atoms with Crippen LogP contribution in [0.15, 0.2) is 29.0 Å². The molecule has 3 heterocycles. The van der Waals surface area contributed by atoms with Gasteiger partial charge in [-0.3, -0.25) is 0 Å². The maximum absolute atomic E-state index is 11.1. The van der Waals surface area contributed by atoms with Crippen LogP contribution in [0.5, 0.6) is 0 Å². The Morgan fingerprint density at radius 2 is 2.07 bits per heavy atom. The minimum absolute atomic E-state index is 0.125. The Morgan fingerprint density at radius 1 is 1.25 bits per heavy atom. The minimum atomic E-state index is -0.545. The fraction of sp³-hybridized carbons (Fsp3) is 0.550. The average Bonchev–Trinajstić information content (AvgIpc) is 3.28. The van der Waals surface area contributed by atoms with Crippen LogP contribution in [0.25, 0.3) is 17.0 Å².